The molecule has 1 saturated heterocycles. The summed E-state index contributed by atoms with van der Waals surface area (Å²) >= 11 is 7.56. The Bertz CT molecular complexity index is 785. The maximum absolute atomic E-state index is 11.7. The van der Waals surface area contributed by atoms with Gasteiger partial charge in [-0.25, -0.2) is 12.7 Å². The third-order valence-corrected chi connectivity index (χ3v) is 6.59. The van der Waals surface area contributed by atoms with Crippen molar-refractivity contribution in [1.29, 1.82) is 0 Å². The second kappa shape index (κ2) is 4.98. The topological polar surface area (TPSA) is 67.3 Å². The summed E-state index contributed by atoms with van der Waals surface area (Å²) in [5, 5.41) is 0.635. The molecular formula is C12H11ClN2O3S2. The molecule has 3 heterocycles. The van der Waals surface area contributed by atoms with Crippen LogP contribution in [0.2, 0.25) is 5.02 Å². The van der Waals surface area contributed by atoms with E-state index in [4.69, 9.17) is 11.6 Å². The van der Waals surface area contributed by atoms with Crippen LogP contribution in [0, 0.1) is 0 Å². The molecule has 0 atom stereocenters. The van der Waals surface area contributed by atoms with Crippen molar-refractivity contribution >= 4 is 49.1 Å². The van der Waals surface area contributed by atoms with E-state index in [1.807, 2.05) is 6.07 Å². The normalized spacial score (nSPS) is 18.1. The largest absolute Gasteiger partial charge is 0.274 e. The predicted molar refractivity (Wildman–Crippen MR) is 78.5 cm³/mol. The smallest absolute Gasteiger partial charge is 0.237 e. The number of halogens is 1. The van der Waals surface area contributed by atoms with Crippen LogP contribution in [0.4, 0.5) is 0 Å². The second-order valence-corrected chi connectivity index (χ2v) is 8.06. The molecule has 8 heteroatoms. The van der Waals surface area contributed by atoms with E-state index in [1.165, 1.54) is 11.3 Å². The van der Waals surface area contributed by atoms with Crippen molar-refractivity contribution in [3.63, 3.8) is 0 Å². The fourth-order valence-electron chi connectivity index (χ4n) is 2.16. The number of aromatic nitrogens is 1. The van der Waals surface area contributed by atoms with Gasteiger partial charge in [0.1, 0.15) is 0 Å². The van der Waals surface area contributed by atoms with Crippen LogP contribution < -0.4 is 0 Å². The van der Waals surface area contributed by atoms with Gasteiger partial charge in [-0.1, -0.05) is 11.6 Å². The summed E-state index contributed by atoms with van der Waals surface area (Å²) in [6, 6.07) is 3.61. The maximum atomic E-state index is 11.7. The lowest BCUT2D eigenvalue weighted by atomic mass is 10.3. The molecule has 0 aliphatic carbocycles. The highest BCUT2D eigenvalue weighted by atomic mass is 35.5. The molecule has 20 heavy (non-hydrogen) atoms. The lowest BCUT2D eigenvalue weighted by Crippen LogP contribution is -2.31. The number of fused-ring (bicyclic) bond motifs is 1. The van der Waals surface area contributed by atoms with Crippen LogP contribution in [0.25, 0.3) is 10.2 Å². The first kappa shape index (κ1) is 13.8. The fourth-order valence-corrected chi connectivity index (χ4v) is 4.86. The zero-order chi connectivity index (χ0) is 14.3. The SMILES string of the molecule is O=C1CCS(=O)(=O)N1CCc1cc2nccc(Cl)c2s1. The van der Waals surface area contributed by atoms with Gasteiger partial charge in [-0.2, -0.15) is 0 Å². The molecule has 1 aliphatic heterocycles. The third kappa shape index (κ3) is 2.41. The monoisotopic (exact) mass is 330 g/mol. The van der Waals surface area contributed by atoms with Gasteiger partial charge in [-0.3, -0.25) is 9.78 Å². The van der Waals surface area contributed by atoms with Crippen molar-refractivity contribution in [3.05, 3.63) is 28.2 Å². The van der Waals surface area contributed by atoms with Crippen LogP contribution in [-0.4, -0.2) is 35.9 Å². The number of carbonyl (C=O) groups excluding carboxylic acids is 1. The van der Waals surface area contributed by atoms with Crippen molar-refractivity contribution in [2.45, 2.75) is 12.8 Å². The van der Waals surface area contributed by atoms with E-state index in [1.54, 1.807) is 12.3 Å². The second-order valence-electron chi connectivity index (χ2n) is 4.50. The number of thiophene rings is 1. The van der Waals surface area contributed by atoms with Crippen LogP contribution in [-0.2, 0) is 21.2 Å². The molecule has 0 unspecified atom stereocenters. The molecule has 0 radical (unpaired) electrons. The minimum atomic E-state index is -3.40. The standard InChI is InChI=1S/C12H11ClN2O3S2/c13-9-1-4-14-10-7-8(19-12(9)10)2-5-15-11(16)3-6-20(15,17)18/h1,4,7H,2-3,5-6H2. The first-order chi connectivity index (χ1) is 9.47. The average molecular weight is 331 g/mol. The highest BCUT2D eigenvalue weighted by Crippen LogP contribution is 2.30. The highest BCUT2D eigenvalue weighted by Gasteiger charge is 2.34. The van der Waals surface area contributed by atoms with Crippen LogP contribution in [0.3, 0.4) is 0 Å². The number of hydrogen-bond acceptors (Lipinski definition) is 5. The Morgan fingerprint density at radius 2 is 2.25 bits per heavy atom. The zero-order valence-electron chi connectivity index (χ0n) is 10.4. The molecule has 3 rings (SSSR count). The van der Waals surface area contributed by atoms with Gasteiger partial charge in [0.25, 0.3) is 0 Å². The molecule has 2 aromatic heterocycles. The van der Waals surface area contributed by atoms with E-state index >= 15 is 0 Å². The van der Waals surface area contributed by atoms with Crippen molar-refractivity contribution in [2.75, 3.05) is 12.3 Å². The van der Waals surface area contributed by atoms with Gasteiger partial charge in [0.2, 0.25) is 15.9 Å². The Kier molecular flexibility index (Phi) is 3.43. The van der Waals surface area contributed by atoms with Crippen molar-refractivity contribution in [3.8, 4) is 0 Å². The molecule has 2 aromatic rings. The molecular weight excluding hydrogens is 320 g/mol. The number of amides is 1. The average Bonchev–Trinajstić information content (AvgIpc) is 2.91. The third-order valence-electron chi connectivity index (χ3n) is 3.16. The van der Waals surface area contributed by atoms with Crippen LogP contribution in [0.15, 0.2) is 18.3 Å². The Morgan fingerprint density at radius 1 is 1.45 bits per heavy atom. The first-order valence-corrected chi connectivity index (χ1v) is 8.84. The predicted octanol–water partition coefficient (Wildman–Crippen LogP) is 2.05. The number of carbonyl (C=O) groups is 1. The molecule has 0 N–H and O–H groups in total. The molecule has 5 nitrogen and oxygen atoms in total. The number of hydrogen-bond donors (Lipinski definition) is 0. The number of pyridine rings is 1. The highest BCUT2D eigenvalue weighted by molar-refractivity contribution is 7.90. The Labute approximate surface area is 125 Å². The number of rotatable bonds is 3. The van der Waals surface area contributed by atoms with Gasteiger partial charge in [0.05, 0.1) is 21.0 Å². The summed E-state index contributed by atoms with van der Waals surface area (Å²) < 4.78 is 25.3. The minimum absolute atomic E-state index is 0.0777. The molecule has 0 saturated carbocycles. The van der Waals surface area contributed by atoms with Crippen molar-refractivity contribution in [2.24, 2.45) is 0 Å². The summed E-state index contributed by atoms with van der Waals surface area (Å²) in [4.78, 5) is 16.7. The summed E-state index contributed by atoms with van der Waals surface area (Å²) in [5.74, 6) is -0.395. The molecule has 1 aliphatic rings. The lowest BCUT2D eigenvalue weighted by molar-refractivity contribution is -0.125. The quantitative estimate of drug-likeness (QED) is 0.864. The van der Waals surface area contributed by atoms with Gasteiger partial charge in [0.15, 0.2) is 0 Å². The van der Waals surface area contributed by atoms with E-state index in [0.29, 0.717) is 11.4 Å². The van der Waals surface area contributed by atoms with Gasteiger partial charge in [-0.05, 0) is 12.1 Å². The van der Waals surface area contributed by atoms with Crippen LogP contribution in [0.5, 0.6) is 0 Å². The maximum Gasteiger partial charge on any atom is 0.237 e. The first-order valence-electron chi connectivity index (χ1n) is 6.03. The van der Waals surface area contributed by atoms with Crippen LogP contribution in [0.1, 0.15) is 11.3 Å². The van der Waals surface area contributed by atoms with Crippen molar-refractivity contribution in [1.82, 2.24) is 9.29 Å². The zero-order valence-corrected chi connectivity index (χ0v) is 12.8. The summed E-state index contributed by atoms with van der Waals surface area (Å²) in [5.41, 5.74) is 0.799. The molecule has 1 fully saturated rings. The Balaban J connectivity index is 1.81. The lowest BCUT2D eigenvalue weighted by Gasteiger charge is -2.13. The van der Waals surface area contributed by atoms with E-state index in [9.17, 15) is 13.2 Å². The van der Waals surface area contributed by atoms with Gasteiger partial charge < -0.3 is 0 Å². The molecule has 0 aromatic carbocycles. The summed E-state index contributed by atoms with van der Waals surface area (Å²) in [6.07, 6.45) is 2.21. The fraction of sp³-hybridized carbons (Fsp3) is 0.333. The molecule has 0 spiro atoms. The van der Waals surface area contributed by atoms with Crippen molar-refractivity contribution < 1.29 is 13.2 Å². The van der Waals surface area contributed by atoms with E-state index in [0.717, 1.165) is 19.4 Å². The molecule has 106 valence electrons. The Morgan fingerprint density at radius 3 is 2.90 bits per heavy atom. The molecule has 0 bridgehead atoms. The Hall–Kier alpha value is -1.18. The minimum Gasteiger partial charge on any atom is -0.274 e. The number of sulfonamides is 1. The summed E-state index contributed by atoms with van der Waals surface area (Å²) in [7, 11) is -3.40. The van der Waals surface area contributed by atoms with Gasteiger partial charge >= 0.3 is 0 Å². The van der Waals surface area contributed by atoms with E-state index < -0.39 is 10.0 Å². The van der Waals surface area contributed by atoms with Gasteiger partial charge in [-0.15, -0.1) is 11.3 Å². The van der Waals surface area contributed by atoms with Gasteiger partial charge in [0, 0.05) is 30.5 Å². The number of nitrogens with zero attached hydrogens (tertiary/aromatic N) is 2. The molecule has 1 amide bonds. The summed E-state index contributed by atoms with van der Waals surface area (Å²) in [6.45, 7) is 0.186. The van der Waals surface area contributed by atoms with E-state index in [-0.39, 0.29) is 24.6 Å². The van der Waals surface area contributed by atoms with E-state index in [2.05, 4.69) is 4.98 Å². The van der Waals surface area contributed by atoms with Crippen LogP contribution >= 0.6 is 22.9 Å².